The molecule has 2 heterocycles. The molecule has 0 N–H and O–H groups in total. The summed E-state index contributed by atoms with van der Waals surface area (Å²) in [6, 6.07) is 7.51. The van der Waals surface area contributed by atoms with Crippen LogP contribution in [0.25, 0.3) is 5.82 Å². The van der Waals surface area contributed by atoms with Crippen molar-refractivity contribution in [1.82, 2.24) is 14.8 Å². The Kier molecular flexibility index (Phi) is 3.51. The summed E-state index contributed by atoms with van der Waals surface area (Å²) in [5.41, 5.74) is 1.66. The zero-order valence-electron chi connectivity index (χ0n) is 9.80. The molecule has 0 saturated heterocycles. The van der Waals surface area contributed by atoms with Crippen molar-refractivity contribution in [3.63, 3.8) is 0 Å². The van der Waals surface area contributed by atoms with Gasteiger partial charge in [-0.15, -0.1) is 0 Å². The lowest BCUT2D eigenvalue weighted by Crippen LogP contribution is -1.99. The van der Waals surface area contributed by atoms with Crippen LogP contribution in [0.3, 0.4) is 0 Å². The Hall–Kier alpha value is -2.15. The first-order valence-corrected chi connectivity index (χ1v) is 5.74. The summed E-state index contributed by atoms with van der Waals surface area (Å²) in [4.78, 5) is 4.20. The topological polar surface area (TPSA) is 54.5 Å². The minimum absolute atomic E-state index is 0.598. The van der Waals surface area contributed by atoms with Gasteiger partial charge in [0.1, 0.15) is 0 Å². The van der Waals surface area contributed by atoms with E-state index in [0.29, 0.717) is 11.4 Å². The predicted molar refractivity (Wildman–Crippen MR) is 64.7 cm³/mol. The van der Waals surface area contributed by atoms with Gasteiger partial charge in [-0.1, -0.05) is 13.3 Å². The van der Waals surface area contributed by atoms with Gasteiger partial charge in [0.2, 0.25) is 0 Å². The van der Waals surface area contributed by atoms with Crippen LogP contribution in [0.15, 0.2) is 30.6 Å². The van der Waals surface area contributed by atoms with Gasteiger partial charge in [0.05, 0.1) is 17.3 Å². The normalized spacial score (nSPS) is 10.1. The molecule has 0 unspecified atom stereocenters. The Morgan fingerprint density at radius 1 is 1.41 bits per heavy atom. The summed E-state index contributed by atoms with van der Waals surface area (Å²) in [5.74, 6) is 0.687. The Morgan fingerprint density at radius 2 is 2.29 bits per heavy atom. The average Bonchev–Trinajstić information content (AvgIpc) is 2.85. The molecule has 0 aliphatic carbocycles. The van der Waals surface area contributed by atoms with Crippen molar-refractivity contribution in [3.8, 4) is 11.9 Å². The molecule has 0 bridgehead atoms. The van der Waals surface area contributed by atoms with E-state index in [4.69, 9.17) is 5.26 Å². The minimum Gasteiger partial charge on any atom is -0.237 e. The molecule has 0 fully saturated rings. The summed E-state index contributed by atoms with van der Waals surface area (Å²) in [6.45, 7) is 2.16. The van der Waals surface area contributed by atoms with Crippen molar-refractivity contribution < 1.29 is 0 Å². The molecular weight excluding hydrogens is 212 g/mol. The smallest absolute Gasteiger partial charge is 0.154 e. The third-order valence-electron chi connectivity index (χ3n) is 2.54. The molecule has 86 valence electrons. The molecule has 2 aromatic rings. The van der Waals surface area contributed by atoms with Crippen LogP contribution in [-0.2, 0) is 6.42 Å². The molecule has 0 atom stereocenters. The average molecular weight is 226 g/mol. The van der Waals surface area contributed by atoms with Crippen LogP contribution in [-0.4, -0.2) is 14.8 Å². The highest BCUT2D eigenvalue weighted by molar-refractivity contribution is 5.35. The van der Waals surface area contributed by atoms with E-state index >= 15 is 0 Å². The lowest BCUT2D eigenvalue weighted by atomic mass is 10.2. The number of pyridine rings is 1. The van der Waals surface area contributed by atoms with Gasteiger partial charge in [0.25, 0.3) is 0 Å². The van der Waals surface area contributed by atoms with E-state index in [9.17, 15) is 0 Å². The van der Waals surface area contributed by atoms with Crippen molar-refractivity contribution in [2.45, 2.75) is 26.2 Å². The van der Waals surface area contributed by atoms with Crippen LogP contribution in [0.2, 0.25) is 0 Å². The predicted octanol–water partition coefficient (Wildman–Crippen LogP) is 2.48. The highest BCUT2D eigenvalue weighted by Gasteiger charge is 2.02. The Bertz CT molecular complexity index is 536. The second-order valence-electron chi connectivity index (χ2n) is 3.87. The summed E-state index contributed by atoms with van der Waals surface area (Å²) in [6.07, 6.45) is 6.80. The van der Waals surface area contributed by atoms with Gasteiger partial charge in [-0.25, -0.2) is 9.67 Å². The van der Waals surface area contributed by atoms with Crippen LogP contribution in [0.5, 0.6) is 0 Å². The number of hydrogen-bond acceptors (Lipinski definition) is 3. The van der Waals surface area contributed by atoms with E-state index in [0.717, 1.165) is 25.0 Å². The number of aryl methyl sites for hydroxylation is 1. The molecule has 0 amide bonds. The van der Waals surface area contributed by atoms with Crippen LogP contribution in [0.1, 0.15) is 31.0 Å². The molecule has 2 rings (SSSR count). The number of hydrogen-bond donors (Lipinski definition) is 0. The summed E-state index contributed by atoms with van der Waals surface area (Å²) >= 11 is 0. The highest BCUT2D eigenvalue weighted by atomic mass is 15.3. The van der Waals surface area contributed by atoms with Crippen molar-refractivity contribution in [2.24, 2.45) is 0 Å². The molecular formula is C13H14N4. The third kappa shape index (κ3) is 2.70. The second kappa shape index (κ2) is 5.26. The van der Waals surface area contributed by atoms with Gasteiger partial charge < -0.3 is 0 Å². The number of nitriles is 1. The fourth-order valence-corrected chi connectivity index (χ4v) is 1.59. The molecule has 2 aromatic heterocycles. The Morgan fingerprint density at radius 3 is 3.06 bits per heavy atom. The van der Waals surface area contributed by atoms with Gasteiger partial charge in [-0.05, 0) is 25.0 Å². The van der Waals surface area contributed by atoms with Crippen LogP contribution >= 0.6 is 0 Å². The van der Waals surface area contributed by atoms with Crippen LogP contribution in [0.4, 0.5) is 0 Å². The summed E-state index contributed by atoms with van der Waals surface area (Å²) in [7, 11) is 0. The molecule has 0 spiro atoms. The molecule has 0 radical (unpaired) electrons. The van der Waals surface area contributed by atoms with Gasteiger partial charge >= 0.3 is 0 Å². The third-order valence-corrected chi connectivity index (χ3v) is 2.54. The standard InChI is InChI=1S/C13H14N4/c1-2-3-4-12-6-8-17(16-12)13-9-11(10-14)5-7-15-13/h5-9H,2-4H2,1H3. The zero-order valence-corrected chi connectivity index (χ0v) is 9.80. The van der Waals surface area contributed by atoms with E-state index in [1.807, 2.05) is 12.3 Å². The van der Waals surface area contributed by atoms with Gasteiger partial charge in [-0.2, -0.15) is 10.4 Å². The maximum atomic E-state index is 8.82. The van der Waals surface area contributed by atoms with E-state index in [1.54, 1.807) is 23.0 Å². The number of unbranched alkanes of at least 4 members (excludes halogenated alkanes) is 1. The van der Waals surface area contributed by atoms with Gasteiger partial charge in [-0.3, -0.25) is 0 Å². The molecule has 0 aliphatic heterocycles. The SMILES string of the molecule is CCCCc1ccn(-c2cc(C#N)ccn2)n1. The van der Waals surface area contributed by atoms with E-state index in [-0.39, 0.29) is 0 Å². The lowest BCUT2D eigenvalue weighted by Gasteiger charge is -1.99. The van der Waals surface area contributed by atoms with E-state index < -0.39 is 0 Å². The molecule has 4 heteroatoms. The quantitative estimate of drug-likeness (QED) is 0.804. The van der Waals surface area contributed by atoms with Crippen LogP contribution in [0, 0.1) is 11.3 Å². The van der Waals surface area contributed by atoms with Gasteiger partial charge in [0.15, 0.2) is 5.82 Å². The molecule has 0 saturated carbocycles. The molecule has 17 heavy (non-hydrogen) atoms. The second-order valence-corrected chi connectivity index (χ2v) is 3.87. The minimum atomic E-state index is 0.598. The van der Waals surface area contributed by atoms with Gasteiger partial charge in [0, 0.05) is 18.5 Å². The summed E-state index contributed by atoms with van der Waals surface area (Å²) in [5, 5.41) is 13.3. The Balaban J connectivity index is 2.21. The Labute approximate surface area is 101 Å². The fraction of sp³-hybridized carbons (Fsp3) is 0.308. The largest absolute Gasteiger partial charge is 0.237 e. The molecule has 0 aliphatic rings. The van der Waals surface area contributed by atoms with E-state index in [1.165, 1.54) is 0 Å². The summed E-state index contributed by atoms with van der Waals surface area (Å²) < 4.78 is 1.71. The number of nitrogens with zero attached hydrogens (tertiary/aromatic N) is 4. The zero-order chi connectivity index (χ0) is 12.1. The van der Waals surface area contributed by atoms with Crippen molar-refractivity contribution in [3.05, 3.63) is 41.9 Å². The maximum absolute atomic E-state index is 8.82. The van der Waals surface area contributed by atoms with E-state index in [2.05, 4.69) is 23.1 Å². The molecule has 4 nitrogen and oxygen atoms in total. The highest BCUT2D eigenvalue weighted by Crippen LogP contribution is 2.08. The lowest BCUT2D eigenvalue weighted by molar-refractivity contribution is 0.746. The molecule has 0 aromatic carbocycles. The number of rotatable bonds is 4. The first-order chi connectivity index (χ1) is 8.33. The van der Waals surface area contributed by atoms with Crippen molar-refractivity contribution in [2.75, 3.05) is 0 Å². The fourth-order valence-electron chi connectivity index (χ4n) is 1.59. The monoisotopic (exact) mass is 226 g/mol. The maximum Gasteiger partial charge on any atom is 0.154 e. The van der Waals surface area contributed by atoms with Crippen molar-refractivity contribution in [1.29, 1.82) is 5.26 Å². The first-order valence-electron chi connectivity index (χ1n) is 5.74. The van der Waals surface area contributed by atoms with Crippen molar-refractivity contribution >= 4 is 0 Å². The van der Waals surface area contributed by atoms with Crippen LogP contribution < -0.4 is 0 Å². The first kappa shape index (κ1) is 11.3. The number of aromatic nitrogens is 3.